The third-order valence-electron chi connectivity index (χ3n) is 0.204. The Morgan fingerprint density at radius 1 is 1.25 bits per heavy atom. The van der Waals surface area contributed by atoms with E-state index in [1.54, 1.807) is 0 Å². The van der Waals surface area contributed by atoms with Gasteiger partial charge in [-0.1, -0.05) is 13.3 Å². The monoisotopic (exact) mass is 240 g/mol. The molecule has 2 heteroatoms. The van der Waals surface area contributed by atoms with Gasteiger partial charge in [-0.05, 0) is 0 Å². The van der Waals surface area contributed by atoms with Gasteiger partial charge in [0.2, 0.25) is 0 Å². The SMILES string of the molecule is CCC[S-].[CH3][Sn+]([CH3])[CH3]. The van der Waals surface area contributed by atoms with Crippen LogP contribution in [0.2, 0.25) is 14.8 Å². The van der Waals surface area contributed by atoms with E-state index in [0.29, 0.717) is 0 Å². The first-order chi connectivity index (χ1) is 3.65. The Hall–Kier alpha value is 1.15. The van der Waals surface area contributed by atoms with Crippen LogP contribution in [-0.4, -0.2) is 25.5 Å². The molecule has 0 aromatic heterocycles. The van der Waals surface area contributed by atoms with Crippen molar-refractivity contribution in [2.24, 2.45) is 0 Å². The van der Waals surface area contributed by atoms with Crippen LogP contribution < -0.4 is 0 Å². The first-order valence-electron chi connectivity index (χ1n) is 3.00. The van der Waals surface area contributed by atoms with Gasteiger partial charge in [-0.2, -0.15) is 5.75 Å². The molecule has 0 aromatic rings. The van der Waals surface area contributed by atoms with E-state index in [0.717, 1.165) is 12.2 Å². The fraction of sp³-hybridized carbons (Fsp3) is 1.00. The molecule has 0 N–H and O–H groups in total. The van der Waals surface area contributed by atoms with Crippen molar-refractivity contribution in [2.45, 2.75) is 28.2 Å². The number of hydrogen-bond acceptors (Lipinski definition) is 1. The molecule has 0 aromatic carbocycles. The van der Waals surface area contributed by atoms with Crippen LogP contribution in [-0.2, 0) is 12.6 Å². The van der Waals surface area contributed by atoms with Gasteiger partial charge in [-0.3, -0.25) is 0 Å². The van der Waals surface area contributed by atoms with E-state index in [1.807, 2.05) is 0 Å². The topological polar surface area (TPSA) is 0 Å². The predicted molar refractivity (Wildman–Crippen MR) is 45.9 cm³/mol. The molecular formula is C6H16SSn. The first kappa shape index (κ1) is 11.9. The summed E-state index contributed by atoms with van der Waals surface area (Å²) in [6.07, 6.45) is 1.13. The van der Waals surface area contributed by atoms with Crippen LogP contribution in [0.1, 0.15) is 13.3 Å². The van der Waals surface area contributed by atoms with Gasteiger partial charge in [-0.15, -0.1) is 0 Å². The number of rotatable bonds is 1. The maximum absolute atomic E-state index is 4.55. The molecule has 0 amide bonds. The minimum absolute atomic E-state index is 0.543. The molecule has 0 saturated heterocycles. The molecule has 0 aliphatic rings. The van der Waals surface area contributed by atoms with E-state index in [9.17, 15) is 0 Å². The van der Waals surface area contributed by atoms with Crippen LogP contribution in [0.3, 0.4) is 0 Å². The molecule has 0 aliphatic carbocycles. The maximum atomic E-state index is 4.55. The van der Waals surface area contributed by atoms with Crippen LogP contribution in [0.5, 0.6) is 0 Å². The Morgan fingerprint density at radius 2 is 1.38 bits per heavy atom. The van der Waals surface area contributed by atoms with Crippen molar-refractivity contribution in [2.75, 3.05) is 5.75 Å². The standard InChI is InChI=1S/C3H8S.3CH3.Sn/c1-2-3-4;;;;/h4H,2-3H2,1H3;3*1H3;/q;;;;+1/p-1. The van der Waals surface area contributed by atoms with Gasteiger partial charge < -0.3 is 12.6 Å². The van der Waals surface area contributed by atoms with E-state index in [-0.39, 0.29) is 0 Å². The zero-order valence-electron chi connectivity index (χ0n) is 6.32. The molecule has 0 atom stereocenters. The van der Waals surface area contributed by atoms with Crippen molar-refractivity contribution in [3.05, 3.63) is 0 Å². The second-order valence-corrected chi connectivity index (χ2v) is 11.2. The van der Waals surface area contributed by atoms with Crippen molar-refractivity contribution in [3.63, 3.8) is 0 Å². The zero-order chi connectivity index (χ0) is 6.99. The molecule has 50 valence electrons. The van der Waals surface area contributed by atoms with Crippen molar-refractivity contribution < 1.29 is 0 Å². The van der Waals surface area contributed by atoms with Crippen LogP contribution >= 0.6 is 0 Å². The molecule has 0 nitrogen and oxygen atoms in total. The van der Waals surface area contributed by atoms with Crippen LogP contribution in [0.15, 0.2) is 0 Å². The van der Waals surface area contributed by atoms with E-state index in [1.165, 1.54) is 0 Å². The normalized spacial score (nSPS) is 7.12. The van der Waals surface area contributed by atoms with Gasteiger partial charge >= 0.3 is 34.6 Å². The summed E-state index contributed by atoms with van der Waals surface area (Å²) in [5.41, 5.74) is 0. The Morgan fingerprint density at radius 3 is 1.38 bits per heavy atom. The van der Waals surface area contributed by atoms with Crippen molar-refractivity contribution in [3.8, 4) is 0 Å². The second-order valence-electron chi connectivity index (χ2n) is 2.20. The Balaban J connectivity index is 0. The van der Waals surface area contributed by atoms with Crippen molar-refractivity contribution >= 4 is 32.4 Å². The predicted octanol–water partition coefficient (Wildman–Crippen LogP) is 2.31. The van der Waals surface area contributed by atoms with Gasteiger partial charge in [0.25, 0.3) is 0 Å². The van der Waals surface area contributed by atoms with Crippen molar-refractivity contribution in [1.29, 1.82) is 0 Å². The minimum atomic E-state index is -0.543. The van der Waals surface area contributed by atoms with Gasteiger partial charge in [0.15, 0.2) is 0 Å². The summed E-state index contributed by atoms with van der Waals surface area (Å²) in [6.45, 7) is 2.08. The fourth-order valence-corrected chi connectivity index (χ4v) is 0. The molecule has 0 fully saturated rings. The van der Waals surface area contributed by atoms with Crippen LogP contribution in [0.25, 0.3) is 0 Å². The molecular weight excluding hydrogens is 223 g/mol. The molecule has 0 unspecified atom stereocenters. The summed E-state index contributed by atoms with van der Waals surface area (Å²) in [7, 11) is 0. The summed E-state index contributed by atoms with van der Waals surface area (Å²) < 4.78 is 0. The molecule has 8 heavy (non-hydrogen) atoms. The Bertz CT molecular complexity index is 25.0. The average Bonchev–Trinajstić information content (AvgIpc) is 1.65. The first-order valence-corrected chi connectivity index (χ1v) is 12.1. The third-order valence-corrected chi connectivity index (χ3v) is 0.612. The molecule has 0 bridgehead atoms. The molecule has 0 aliphatic heterocycles. The zero-order valence-corrected chi connectivity index (χ0v) is 9.99. The molecule has 0 spiro atoms. The summed E-state index contributed by atoms with van der Waals surface area (Å²) >= 11 is 4.01. The quantitative estimate of drug-likeness (QED) is 0.499. The van der Waals surface area contributed by atoms with E-state index in [2.05, 4.69) is 34.4 Å². The molecule has 0 heterocycles. The third kappa shape index (κ3) is 58.5. The summed E-state index contributed by atoms with van der Waals surface area (Å²) in [5.74, 6) is 0.903. The summed E-state index contributed by atoms with van der Waals surface area (Å²) in [6, 6.07) is 0. The van der Waals surface area contributed by atoms with E-state index < -0.39 is 19.8 Å². The molecule has 0 rings (SSSR count). The second kappa shape index (κ2) is 11.0. The fourth-order valence-electron chi connectivity index (χ4n) is 0. The van der Waals surface area contributed by atoms with E-state index >= 15 is 0 Å². The van der Waals surface area contributed by atoms with E-state index in [4.69, 9.17) is 0 Å². The average molecular weight is 239 g/mol. The van der Waals surface area contributed by atoms with Gasteiger partial charge in [0, 0.05) is 0 Å². The van der Waals surface area contributed by atoms with Crippen molar-refractivity contribution in [1.82, 2.24) is 0 Å². The number of hydrogen-bond donors (Lipinski definition) is 0. The van der Waals surface area contributed by atoms with Crippen LogP contribution in [0.4, 0.5) is 0 Å². The van der Waals surface area contributed by atoms with Crippen LogP contribution in [0, 0.1) is 0 Å². The Labute approximate surface area is 66.2 Å². The van der Waals surface area contributed by atoms with Gasteiger partial charge in [0.05, 0.1) is 0 Å². The van der Waals surface area contributed by atoms with Gasteiger partial charge in [-0.25, -0.2) is 0 Å². The summed E-state index contributed by atoms with van der Waals surface area (Å²) in [5, 5.41) is 0. The summed E-state index contributed by atoms with van der Waals surface area (Å²) in [4.78, 5) is 7.09. The molecule has 0 saturated carbocycles. The van der Waals surface area contributed by atoms with Gasteiger partial charge in [0.1, 0.15) is 0 Å². The Kier molecular flexibility index (Phi) is 16.4. The molecule has 0 radical (unpaired) electrons.